The largest absolute Gasteiger partial charge is 0.278 e. The molecule has 1 heterocycles. The van der Waals surface area contributed by atoms with Gasteiger partial charge in [-0.05, 0) is 24.3 Å². The van der Waals surface area contributed by atoms with E-state index in [1.807, 2.05) is 0 Å². The highest BCUT2D eigenvalue weighted by molar-refractivity contribution is 7.92. The zero-order valence-electron chi connectivity index (χ0n) is 8.88. The number of nitrogens with zero attached hydrogens (tertiary/aromatic N) is 2. The van der Waals surface area contributed by atoms with Gasteiger partial charge in [-0.25, -0.2) is 4.39 Å². The maximum atomic E-state index is 13.5. The third-order valence-corrected chi connectivity index (χ3v) is 3.40. The van der Waals surface area contributed by atoms with Gasteiger partial charge >= 0.3 is 0 Å². The summed E-state index contributed by atoms with van der Waals surface area (Å²) in [6.07, 6.45) is 1.27. The summed E-state index contributed by atoms with van der Waals surface area (Å²) in [6, 6.07) is 6.44. The lowest BCUT2D eigenvalue weighted by atomic mass is 10.2. The van der Waals surface area contributed by atoms with Gasteiger partial charge in [0.1, 0.15) is 5.82 Å². The lowest BCUT2D eigenvalue weighted by Gasteiger charge is -2.07. The second kappa shape index (κ2) is 4.46. The minimum absolute atomic E-state index is 0.108. The van der Waals surface area contributed by atoms with E-state index in [-0.39, 0.29) is 16.3 Å². The van der Waals surface area contributed by atoms with Crippen LogP contribution in [0.2, 0.25) is 0 Å². The van der Waals surface area contributed by atoms with Gasteiger partial charge in [0.2, 0.25) is 0 Å². The van der Waals surface area contributed by atoms with Crippen LogP contribution in [0.25, 0.3) is 0 Å². The van der Waals surface area contributed by atoms with Gasteiger partial charge in [0.25, 0.3) is 10.0 Å². The number of benzene rings is 1. The van der Waals surface area contributed by atoms with Gasteiger partial charge in [0, 0.05) is 0 Å². The normalized spacial score (nSPS) is 10.9. The Kier molecular flexibility index (Phi) is 2.99. The molecule has 0 amide bonds. The molecule has 0 unspecified atom stereocenters. The summed E-state index contributed by atoms with van der Waals surface area (Å²) in [5, 5.41) is 14.2. The number of H-pyrrole nitrogens is 1. The van der Waals surface area contributed by atoms with Crippen LogP contribution < -0.4 is 4.72 Å². The molecule has 0 aliphatic rings. The summed E-state index contributed by atoms with van der Waals surface area (Å²) in [5.74, 6) is -0.822. The summed E-state index contributed by atoms with van der Waals surface area (Å²) < 4.78 is 39.1. The highest BCUT2D eigenvalue weighted by atomic mass is 32.2. The molecule has 2 N–H and O–H groups in total. The van der Waals surface area contributed by atoms with Gasteiger partial charge in [-0.2, -0.15) is 18.8 Å². The highest BCUT2D eigenvalue weighted by Crippen LogP contribution is 2.18. The number of halogens is 1. The quantitative estimate of drug-likeness (QED) is 0.872. The topological polar surface area (TPSA) is 98.6 Å². The van der Waals surface area contributed by atoms with Crippen LogP contribution in [0.3, 0.4) is 0 Å². The fourth-order valence-corrected chi connectivity index (χ4v) is 2.24. The molecule has 92 valence electrons. The fraction of sp³-hybridized carbons (Fsp3) is 0. The van der Waals surface area contributed by atoms with Crippen molar-refractivity contribution >= 4 is 15.7 Å². The predicted molar refractivity (Wildman–Crippen MR) is 60.5 cm³/mol. The first-order valence-electron chi connectivity index (χ1n) is 4.75. The van der Waals surface area contributed by atoms with Crippen molar-refractivity contribution in [3.05, 3.63) is 41.8 Å². The van der Waals surface area contributed by atoms with E-state index in [1.54, 1.807) is 6.07 Å². The van der Waals surface area contributed by atoms with E-state index in [1.165, 1.54) is 24.4 Å². The third-order valence-electron chi connectivity index (χ3n) is 2.11. The Hall–Kier alpha value is -2.40. The lowest BCUT2D eigenvalue weighted by Crippen LogP contribution is -2.14. The predicted octanol–water partition coefficient (Wildman–Crippen LogP) is 1.22. The smallest absolute Gasteiger partial charge is 0.275 e. The van der Waals surface area contributed by atoms with E-state index in [4.69, 9.17) is 5.26 Å². The molecule has 0 fully saturated rings. The third kappa shape index (κ3) is 2.31. The molecule has 18 heavy (non-hydrogen) atoms. The second-order valence-electron chi connectivity index (χ2n) is 3.33. The minimum atomic E-state index is -3.90. The molecule has 0 saturated heterocycles. The number of nitrogens with one attached hydrogen (secondary N) is 2. The van der Waals surface area contributed by atoms with E-state index in [0.29, 0.717) is 0 Å². The lowest BCUT2D eigenvalue weighted by molar-refractivity contribution is 0.594. The molecule has 1 aromatic carbocycles. The molecule has 0 aliphatic heterocycles. The van der Waals surface area contributed by atoms with Crippen molar-refractivity contribution in [3.63, 3.8) is 0 Å². The molecule has 6 nitrogen and oxygen atoms in total. The van der Waals surface area contributed by atoms with E-state index < -0.39 is 15.8 Å². The van der Waals surface area contributed by atoms with Gasteiger partial charge in [-0.3, -0.25) is 9.82 Å². The molecule has 0 saturated carbocycles. The summed E-state index contributed by atoms with van der Waals surface area (Å²) in [7, 11) is -3.90. The average molecular weight is 266 g/mol. The molecule has 0 atom stereocenters. The Morgan fingerprint density at radius 3 is 2.72 bits per heavy atom. The van der Waals surface area contributed by atoms with Crippen LogP contribution >= 0.6 is 0 Å². The molecule has 0 spiro atoms. The number of nitriles is 1. The zero-order valence-corrected chi connectivity index (χ0v) is 9.70. The molecular formula is C10H7FN4O2S. The minimum Gasteiger partial charge on any atom is -0.275 e. The first-order valence-corrected chi connectivity index (χ1v) is 6.23. The van der Waals surface area contributed by atoms with Crippen LogP contribution in [0.1, 0.15) is 5.56 Å². The standard InChI is InChI=1S/C10H7FN4O2S/c11-8-5-7(6-12)1-2-9(8)15-18(16,17)10-3-4-13-14-10/h1-5,15H,(H,13,14). The van der Waals surface area contributed by atoms with Crippen molar-refractivity contribution in [2.45, 2.75) is 5.03 Å². The highest BCUT2D eigenvalue weighted by Gasteiger charge is 2.17. The Morgan fingerprint density at radius 1 is 1.39 bits per heavy atom. The van der Waals surface area contributed by atoms with Crippen molar-refractivity contribution < 1.29 is 12.8 Å². The molecule has 2 aromatic rings. The van der Waals surface area contributed by atoms with Gasteiger partial charge in [-0.15, -0.1) is 0 Å². The first-order chi connectivity index (χ1) is 8.53. The molecule has 0 radical (unpaired) electrons. The summed E-state index contributed by atoms with van der Waals surface area (Å²) in [5.41, 5.74) is -0.124. The molecule has 0 bridgehead atoms. The van der Waals surface area contributed by atoms with Crippen molar-refractivity contribution in [1.82, 2.24) is 10.2 Å². The van der Waals surface area contributed by atoms with Gasteiger partial charge in [0.05, 0.1) is 23.5 Å². The van der Waals surface area contributed by atoms with Crippen LogP contribution in [0.4, 0.5) is 10.1 Å². The maximum Gasteiger partial charge on any atom is 0.278 e. The first kappa shape index (κ1) is 12.1. The van der Waals surface area contributed by atoms with E-state index in [0.717, 1.165) is 6.07 Å². The van der Waals surface area contributed by atoms with Crippen LogP contribution in [0, 0.1) is 17.1 Å². The number of anilines is 1. The Bertz CT molecular complexity index is 704. The fourth-order valence-electron chi connectivity index (χ4n) is 1.26. The average Bonchev–Trinajstić information content (AvgIpc) is 2.86. The Morgan fingerprint density at radius 2 is 2.17 bits per heavy atom. The number of aromatic amines is 1. The van der Waals surface area contributed by atoms with Crippen molar-refractivity contribution in [3.8, 4) is 6.07 Å². The molecular weight excluding hydrogens is 259 g/mol. The van der Waals surface area contributed by atoms with Crippen LogP contribution in [-0.4, -0.2) is 18.6 Å². The molecule has 8 heteroatoms. The van der Waals surface area contributed by atoms with Crippen molar-refractivity contribution in [2.75, 3.05) is 4.72 Å². The van der Waals surface area contributed by atoms with Crippen LogP contribution in [0.5, 0.6) is 0 Å². The Balaban J connectivity index is 2.33. The maximum absolute atomic E-state index is 13.5. The number of hydrogen-bond acceptors (Lipinski definition) is 4. The monoisotopic (exact) mass is 266 g/mol. The zero-order chi connectivity index (χ0) is 13.2. The SMILES string of the molecule is N#Cc1ccc(NS(=O)(=O)c2ccn[nH]2)c(F)c1. The number of sulfonamides is 1. The summed E-state index contributed by atoms with van der Waals surface area (Å²) >= 11 is 0. The molecule has 0 aliphatic carbocycles. The van der Waals surface area contributed by atoms with Gasteiger partial charge < -0.3 is 0 Å². The van der Waals surface area contributed by atoms with E-state index >= 15 is 0 Å². The van der Waals surface area contributed by atoms with Gasteiger partial charge in [0.15, 0.2) is 5.03 Å². The van der Waals surface area contributed by atoms with Crippen LogP contribution in [0.15, 0.2) is 35.5 Å². The summed E-state index contributed by atoms with van der Waals surface area (Å²) in [4.78, 5) is 0. The van der Waals surface area contributed by atoms with E-state index in [2.05, 4.69) is 14.9 Å². The van der Waals surface area contributed by atoms with Crippen molar-refractivity contribution in [1.29, 1.82) is 5.26 Å². The molecule has 2 rings (SSSR count). The van der Waals surface area contributed by atoms with Crippen molar-refractivity contribution in [2.24, 2.45) is 0 Å². The summed E-state index contributed by atoms with van der Waals surface area (Å²) in [6.45, 7) is 0. The van der Waals surface area contributed by atoms with Gasteiger partial charge in [-0.1, -0.05) is 0 Å². The number of hydrogen-bond donors (Lipinski definition) is 2. The second-order valence-corrected chi connectivity index (χ2v) is 4.98. The molecule has 1 aromatic heterocycles. The number of rotatable bonds is 3. The van der Waals surface area contributed by atoms with E-state index in [9.17, 15) is 12.8 Å². The Labute approximate surface area is 102 Å². The van der Waals surface area contributed by atoms with Crippen LogP contribution in [-0.2, 0) is 10.0 Å². The number of aromatic nitrogens is 2.